The topological polar surface area (TPSA) is 698 Å². The van der Waals surface area contributed by atoms with Crippen LogP contribution in [0.1, 0.15) is 195 Å². The third-order valence-corrected chi connectivity index (χ3v) is 21.9. The summed E-state index contributed by atoms with van der Waals surface area (Å²) in [6.07, 6.45) is 19.8. The molecule has 51 nitrogen and oxygen atoms in total. The number of non-ortho nitro benzene ring substituents is 1. The first kappa shape index (κ1) is 112. The summed E-state index contributed by atoms with van der Waals surface area (Å²) in [4.78, 5) is 148. The van der Waals surface area contributed by atoms with E-state index in [0.29, 0.717) is 64.2 Å². The lowest BCUT2D eigenvalue weighted by atomic mass is 9.98. The Hall–Kier alpha value is -15.4. The van der Waals surface area contributed by atoms with Crippen molar-refractivity contribution in [3.05, 3.63) is 84.0 Å². The smallest absolute Gasteiger partial charge is 0.481 e. The third kappa shape index (κ3) is 30.1. The number of nitrogens with zero attached hydrogens (tertiary/aromatic N) is 17. The van der Waals surface area contributed by atoms with Gasteiger partial charge in [0, 0.05) is 70.1 Å². The summed E-state index contributed by atoms with van der Waals surface area (Å²) in [6.45, 7) is 9.52. The number of rotatable bonds is 29. The number of imidazole rings is 4. The Morgan fingerprint density at radius 2 is 0.869 bits per heavy atom. The Labute approximate surface area is 822 Å². The molecule has 8 aromatic heterocycles. The molecule has 14 rings (SSSR count). The average molecular weight is 2040 g/mol. The second kappa shape index (κ2) is 50.0. The number of halogens is 4. The monoisotopic (exact) mass is 2040 g/mol. The van der Waals surface area contributed by atoms with Crippen LogP contribution in [0.15, 0.2) is 49.6 Å². The van der Waals surface area contributed by atoms with Gasteiger partial charge in [-0.3, -0.25) is 47.6 Å². The van der Waals surface area contributed by atoms with E-state index in [9.17, 15) is 81.4 Å². The van der Waals surface area contributed by atoms with Gasteiger partial charge in [0.2, 0.25) is 5.60 Å². The molecule has 12 atom stereocenters. The summed E-state index contributed by atoms with van der Waals surface area (Å²) in [5.74, 6) is 7.03. The summed E-state index contributed by atoms with van der Waals surface area (Å²) < 4.78 is 140. The highest BCUT2D eigenvalue weighted by Gasteiger charge is 2.55. The number of terminal acetylenes is 4. The molecule has 0 saturated carbocycles. The van der Waals surface area contributed by atoms with Crippen molar-refractivity contribution in [2.24, 2.45) is 0 Å². The minimum absolute atomic E-state index is 0.00274. The number of nitrogens with two attached hydrogens (primary N) is 4. The van der Waals surface area contributed by atoms with E-state index in [0.717, 1.165) is 31.4 Å². The van der Waals surface area contributed by atoms with Gasteiger partial charge in [-0.15, -0.1) is 25.7 Å². The van der Waals surface area contributed by atoms with Gasteiger partial charge >= 0.3 is 72.8 Å². The summed E-state index contributed by atoms with van der Waals surface area (Å²) in [7, 11) is 0. The lowest BCUT2D eigenvalue weighted by Gasteiger charge is -2.28. The summed E-state index contributed by atoms with van der Waals surface area (Å²) in [5, 5.41) is 59.4. The van der Waals surface area contributed by atoms with Crippen molar-refractivity contribution in [3.8, 4) is 55.1 Å². The summed E-state index contributed by atoms with van der Waals surface area (Å²) >= 11 is 0. The second-order valence-electron chi connectivity index (χ2n) is 34.8. The molecule has 0 radical (unpaired) electrons. The number of nitro benzene ring substituents is 1. The van der Waals surface area contributed by atoms with E-state index in [2.05, 4.69) is 83.5 Å². The molecule has 13 N–H and O–H groups in total. The molecule has 0 aliphatic carbocycles. The maximum Gasteiger partial charge on any atom is 0.513 e. The Morgan fingerprint density at radius 3 is 1.23 bits per heavy atom. The fraction of sp³-hybridized carbons (Fsp3) is 0.533. The number of carboxylic acids is 1. The number of carbonyl (C=O) groups is 8. The molecule has 780 valence electrons. The second-order valence-corrected chi connectivity index (χ2v) is 34.8. The van der Waals surface area contributed by atoms with Crippen molar-refractivity contribution >= 4 is 122 Å². The fourth-order valence-corrected chi connectivity index (χ4v) is 14.7. The number of fused-ring (bicyclic) bond motifs is 5. The van der Waals surface area contributed by atoms with Gasteiger partial charge in [-0.25, -0.2) is 39.1 Å². The average Bonchev–Trinajstić information content (AvgIpc) is 1.62. The molecule has 145 heavy (non-hydrogen) atoms. The standard InChI is InChI=1S/C23H30FN5O7.C19H15FN6O7.C19H22FN5O7.C19H20FN5O6.C10H20O3/c1-5-23(12-34-21(32)33-10-8-6-7-9-16(31)36-22(2,3)4)14(30)11-15(35-23)29-13-26-17-18(25)27-20(24)28-19(17)29;1-2-19(8-31-18(28)32-11-5-3-10(4-6-11)26(29)30)12(27)7-13(33-19)25-9-22-14-15(21)23-17(20)24-16(14)25;1-2-19(9-31-18(29)30-7-5-3-4-6-13(27)28)11(26)8-12(32-19)25-10-22-14-15(21)23-17(20)24-16(14)25;1-2-19-9-29-18(27)28-7-5-3-4-6-13(26)30-11(19)8-12(31-19)25-10-22-14-15(21)23-17(20)24-16(14)25;1-10(2,3)13-9(12)7-5-4-6-8-11/h1,13-15,30H,6-12H2,2-4H3,(H2,25,27,28);1,3-6,9,12-13,27H,7-8H2,(H2,21,23,24);1,10-12,26H,3-9H2,(H,27,28)(H2,21,23,24);1,10-12H,3-9H2,(H2,21,23,24);11H,4-8H2,1-3H3/t14-,15+,23+;12-,13+,19+;2*11-,12+,19+;/m0000./s1. The number of nitro groups is 1. The molecule has 55 heteroatoms. The molecular weight excluding hydrogens is 1930 g/mol. The molecule has 1 aromatic carbocycles. The molecule has 0 spiro atoms. The number of unbranched alkanes of at least 4 members (excludes halogenated alkanes) is 6. The number of aromatic nitrogens is 16. The zero-order valence-electron chi connectivity index (χ0n) is 79.2. The van der Waals surface area contributed by atoms with Crippen LogP contribution in [0.25, 0.3) is 44.7 Å². The van der Waals surface area contributed by atoms with Crippen LogP contribution in [0.4, 0.5) is 65.7 Å². The van der Waals surface area contributed by atoms with E-state index in [-0.39, 0.29) is 168 Å². The van der Waals surface area contributed by atoms with Crippen LogP contribution in [-0.2, 0) is 85.5 Å². The molecular formula is C90H107F4N21O30. The zero-order chi connectivity index (χ0) is 106. The van der Waals surface area contributed by atoms with Crippen LogP contribution in [0.2, 0.25) is 0 Å². The normalized spacial score (nSPS) is 22.3. The number of aliphatic carboxylic acids is 1. The molecule has 0 unspecified atom stereocenters. The highest BCUT2D eigenvalue weighted by atomic mass is 19.1. The van der Waals surface area contributed by atoms with Gasteiger partial charge < -0.3 is 120 Å². The first-order valence-electron chi connectivity index (χ1n) is 45.0. The lowest BCUT2D eigenvalue weighted by Crippen LogP contribution is -2.45. The maximum absolute atomic E-state index is 13.7. The van der Waals surface area contributed by atoms with Crippen molar-refractivity contribution in [2.45, 2.75) is 253 Å². The number of aliphatic hydroxyl groups excluding tert-OH is 4. The van der Waals surface area contributed by atoms with Crippen molar-refractivity contribution < 1.29 is 157 Å². The number of benzene rings is 1. The number of nitrogen functional groups attached to an aromatic ring is 4. The number of aliphatic hydroxyl groups is 4. The van der Waals surface area contributed by atoms with Gasteiger partial charge in [-0.1, -0.05) is 30.1 Å². The van der Waals surface area contributed by atoms with Crippen LogP contribution >= 0.6 is 0 Å². The van der Waals surface area contributed by atoms with E-state index < -0.39 is 170 Å². The Morgan fingerprint density at radius 1 is 0.497 bits per heavy atom. The predicted molar refractivity (Wildman–Crippen MR) is 489 cm³/mol. The number of ether oxygens (including phenoxy) is 15. The molecule has 13 heterocycles. The number of carbonyl (C=O) groups excluding carboxylic acids is 7. The molecule has 5 saturated heterocycles. The van der Waals surface area contributed by atoms with Crippen molar-refractivity contribution in [3.63, 3.8) is 0 Å². The lowest BCUT2D eigenvalue weighted by molar-refractivity contribution is -0.384. The SMILES string of the molecule is C#C[C@@]12COC(=O)OCCCCCC(=O)O[C@H]1C[C@H](n1cnc3c(N)nc(F)nc31)O2.C#C[C@]1(COC(=O)OCCCCCC(=O)O)O[C@@H](n2cnc3c(N)nc(F)nc32)C[C@@H]1O.C#C[C@]1(COC(=O)OCCCCCC(=O)OC(C)(C)C)O[C@@H](n2cnc3c(N)nc(F)nc32)C[C@@H]1O.C#C[C@]1(COC(=O)Oc2ccc([N+](=O)[O-])cc2)O[C@@H](n2cnc3c(N)nc(F)nc32)C[C@@H]1O.CC(C)(C)OC(=O)CCCCCO. The fourth-order valence-electron chi connectivity index (χ4n) is 14.7. The molecule has 0 amide bonds. The molecule has 5 aliphatic rings. The van der Waals surface area contributed by atoms with Gasteiger partial charge in [0.05, 0.1) is 50.1 Å². The largest absolute Gasteiger partial charge is 0.513 e. The van der Waals surface area contributed by atoms with Gasteiger partial charge in [0.1, 0.15) is 92.7 Å². The highest BCUT2D eigenvalue weighted by molar-refractivity contribution is 5.84. The van der Waals surface area contributed by atoms with Gasteiger partial charge in [-0.05, 0) is 124 Å². The molecule has 5 aliphatic heterocycles. The highest BCUT2D eigenvalue weighted by Crippen LogP contribution is 2.44. The first-order chi connectivity index (χ1) is 68.8. The molecule has 0 bridgehead atoms. The van der Waals surface area contributed by atoms with E-state index >= 15 is 0 Å². The van der Waals surface area contributed by atoms with Gasteiger partial charge in [0.25, 0.3) is 5.69 Å². The van der Waals surface area contributed by atoms with Crippen molar-refractivity contribution in [1.82, 2.24) is 78.1 Å². The number of cyclic esters (lactones) is 2. The van der Waals surface area contributed by atoms with Gasteiger partial charge in [-0.2, -0.15) is 57.4 Å². The van der Waals surface area contributed by atoms with E-state index in [1.807, 2.05) is 20.8 Å². The summed E-state index contributed by atoms with van der Waals surface area (Å²) in [6, 6.07) is 4.72. The number of hydrogen-bond donors (Lipinski definition) is 9. The Balaban J connectivity index is 0.000000190. The number of esters is 3. The summed E-state index contributed by atoms with van der Waals surface area (Å²) in [5.41, 5.74) is 15.8. The van der Waals surface area contributed by atoms with E-state index in [4.69, 9.17) is 130 Å². The van der Waals surface area contributed by atoms with Crippen molar-refractivity contribution in [2.75, 3.05) is 75.8 Å². The third-order valence-electron chi connectivity index (χ3n) is 21.9. The predicted octanol–water partition coefficient (Wildman–Crippen LogP) is 7.93. The number of carboxylic acid groups (broad SMARTS) is 1. The van der Waals surface area contributed by atoms with Gasteiger partial charge in [0.15, 0.2) is 84.7 Å². The Kier molecular flexibility index (Phi) is 38.5. The van der Waals surface area contributed by atoms with Crippen LogP contribution in [0, 0.1) is 83.8 Å². The minimum atomic E-state index is -1.74. The van der Waals surface area contributed by atoms with Crippen LogP contribution in [0.5, 0.6) is 5.75 Å². The number of hydrogen-bond acceptors (Lipinski definition) is 45. The van der Waals surface area contributed by atoms with Crippen LogP contribution in [-0.4, -0.2) is 268 Å². The van der Waals surface area contributed by atoms with Crippen molar-refractivity contribution in [1.29, 1.82) is 0 Å². The quantitative estimate of drug-likeness (QED) is 0.00247. The minimum Gasteiger partial charge on any atom is -0.481 e. The molecule has 9 aromatic rings. The van der Waals surface area contributed by atoms with Crippen LogP contribution < -0.4 is 27.7 Å². The first-order valence-corrected chi connectivity index (χ1v) is 45.0. The van der Waals surface area contributed by atoms with E-state index in [1.165, 1.54) is 55.7 Å². The number of anilines is 4. The molecule has 5 fully saturated rings. The van der Waals surface area contributed by atoms with Crippen LogP contribution in [0.3, 0.4) is 0 Å². The maximum atomic E-state index is 13.7. The Bertz CT molecular complexity index is 6270. The zero-order valence-corrected chi connectivity index (χ0v) is 79.2. The van der Waals surface area contributed by atoms with E-state index in [1.54, 1.807) is 20.8 Å².